The predicted octanol–water partition coefficient (Wildman–Crippen LogP) is 5.87. The van der Waals surface area contributed by atoms with Crippen molar-refractivity contribution < 1.29 is 19.4 Å². The van der Waals surface area contributed by atoms with Crippen molar-refractivity contribution in [3.05, 3.63) is 23.8 Å². The molecule has 25 heavy (non-hydrogen) atoms. The Balaban J connectivity index is 2.06. The second-order valence-electron chi connectivity index (χ2n) is 6.59. The highest BCUT2D eigenvalue weighted by molar-refractivity contribution is 5.90. The van der Waals surface area contributed by atoms with Crippen molar-refractivity contribution in [2.24, 2.45) is 0 Å². The summed E-state index contributed by atoms with van der Waals surface area (Å²) in [6.45, 7) is 2.85. The standard InChI is InChI=1S/C21H34O4/c1-3-4-5-6-7-8-9-10-11-12-13-14-25-20-16-18(21(23)24-2)15-19(22)17-20/h15-17,22H,3-14H2,1-2H3. The molecule has 0 spiro atoms. The molecule has 0 heterocycles. The van der Waals surface area contributed by atoms with Crippen molar-refractivity contribution in [3.63, 3.8) is 0 Å². The molecule has 0 saturated carbocycles. The smallest absolute Gasteiger partial charge is 0.338 e. The SMILES string of the molecule is CCCCCCCCCCCCCOc1cc(O)cc(C(=O)OC)c1. The zero-order valence-electron chi connectivity index (χ0n) is 15.9. The predicted molar refractivity (Wildman–Crippen MR) is 101 cm³/mol. The molecule has 0 radical (unpaired) electrons. The van der Waals surface area contributed by atoms with E-state index in [1.165, 1.54) is 77.0 Å². The number of phenols is 1. The lowest BCUT2D eigenvalue weighted by Crippen LogP contribution is -2.03. The van der Waals surface area contributed by atoms with Crippen LogP contribution in [0.2, 0.25) is 0 Å². The number of aromatic hydroxyl groups is 1. The molecular formula is C21H34O4. The quantitative estimate of drug-likeness (QED) is 0.337. The fourth-order valence-electron chi connectivity index (χ4n) is 2.86. The second-order valence-corrected chi connectivity index (χ2v) is 6.59. The number of hydrogen-bond acceptors (Lipinski definition) is 4. The summed E-state index contributed by atoms with van der Waals surface area (Å²) in [4.78, 5) is 11.5. The highest BCUT2D eigenvalue weighted by Gasteiger charge is 2.09. The lowest BCUT2D eigenvalue weighted by atomic mass is 10.1. The van der Waals surface area contributed by atoms with Gasteiger partial charge in [0.1, 0.15) is 11.5 Å². The van der Waals surface area contributed by atoms with Crippen LogP contribution in [0, 0.1) is 0 Å². The molecule has 142 valence electrons. The number of hydrogen-bond donors (Lipinski definition) is 1. The summed E-state index contributed by atoms with van der Waals surface area (Å²) in [7, 11) is 1.32. The zero-order valence-corrected chi connectivity index (χ0v) is 15.9. The van der Waals surface area contributed by atoms with Crippen molar-refractivity contribution in [1.82, 2.24) is 0 Å². The molecule has 1 aromatic rings. The van der Waals surface area contributed by atoms with Gasteiger partial charge in [0, 0.05) is 6.07 Å². The Labute approximate surface area is 152 Å². The van der Waals surface area contributed by atoms with Crippen LogP contribution in [-0.2, 0) is 4.74 Å². The van der Waals surface area contributed by atoms with Crippen molar-refractivity contribution >= 4 is 5.97 Å². The number of carbonyl (C=O) groups excluding carboxylic acids is 1. The van der Waals surface area contributed by atoms with E-state index in [9.17, 15) is 9.90 Å². The average Bonchev–Trinajstić information content (AvgIpc) is 2.61. The van der Waals surface area contributed by atoms with Crippen molar-refractivity contribution in [1.29, 1.82) is 0 Å². The van der Waals surface area contributed by atoms with E-state index in [4.69, 9.17) is 4.74 Å². The van der Waals surface area contributed by atoms with E-state index in [0.29, 0.717) is 17.9 Å². The number of phenolic OH excluding ortho intramolecular Hbond substituents is 1. The summed E-state index contributed by atoms with van der Waals surface area (Å²) >= 11 is 0. The van der Waals surface area contributed by atoms with E-state index < -0.39 is 5.97 Å². The molecular weight excluding hydrogens is 316 g/mol. The minimum Gasteiger partial charge on any atom is -0.508 e. The summed E-state index contributed by atoms with van der Waals surface area (Å²) < 4.78 is 10.3. The minimum absolute atomic E-state index is 0.0110. The lowest BCUT2D eigenvalue weighted by molar-refractivity contribution is 0.0599. The first kappa shape index (κ1) is 21.3. The van der Waals surface area contributed by atoms with Gasteiger partial charge in [-0.2, -0.15) is 0 Å². The molecule has 0 unspecified atom stereocenters. The molecule has 0 atom stereocenters. The Morgan fingerprint density at radius 2 is 1.44 bits per heavy atom. The number of carbonyl (C=O) groups is 1. The summed E-state index contributed by atoms with van der Waals surface area (Å²) in [6, 6.07) is 4.50. The first-order valence-corrected chi connectivity index (χ1v) is 9.72. The third-order valence-electron chi connectivity index (χ3n) is 4.33. The molecule has 4 nitrogen and oxygen atoms in total. The molecule has 4 heteroatoms. The van der Waals surface area contributed by atoms with Gasteiger partial charge in [-0.25, -0.2) is 4.79 Å². The fraction of sp³-hybridized carbons (Fsp3) is 0.667. The van der Waals surface area contributed by atoms with E-state index in [1.54, 1.807) is 6.07 Å². The number of rotatable bonds is 14. The molecule has 0 aliphatic rings. The lowest BCUT2D eigenvalue weighted by Gasteiger charge is -2.08. The number of ether oxygens (including phenoxy) is 2. The van der Waals surface area contributed by atoms with Crippen LogP contribution in [0.25, 0.3) is 0 Å². The van der Waals surface area contributed by atoms with Crippen LogP contribution >= 0.6 is 0 Å². The first-order valence-electron chi connectivity index (χ1n) is 9.72. The van der Waals surface area contributed by atoms with E-state index >= 15 is 0 Å². The molecule has 0 saturated heterocycles. The maximum absolute atomic E-state index is 11.5. The Kier molecular flexibility index (Phi) is 11.6. The van der Waals surface area contributed by atoms with Crippen LogP contribution in [0.1, 0.15) is 87.9 Å². The van der Waals surface area contributed by atoms with Crippen LogP contribution in [0.4, 0.5) is 0 Å². The first-order chi connectivity index (χ1) is 12.2. The van der Waals surface area contributed by atoms with Crippen LogP contribution < -0.4 is 4.74 Å². The third kappa shape index (κ3) is 10.0. The molecule has 0 aliphatic heterocycles. The highest BCUT2D eigenvalue weighted by atomic mass is 16.5. The van der Waals surface area contributed by atoms with E-state index in [-0.39, 0.29) is 5.75 Å². The zero-order chi connectivity index (χ0) is 18.3. The molecule has 0 bridgehead atoms. The Morgan fingerprint density at radius 3 is 2.00 bits per heavy atom. The Morgan fingerprint density at radius 1 is 0.880 bits per heavy atom. The minimum atomic E-state index is -0.476. The van der Waals surface area contributed by atoms with E-state index in [2.05, 4.69) is 11.7 Å². The number of benzene rings is 1. The highest BCUT2D eigenvalue weighted by Crippen LogP contribution is 2.22. The monoisotopic (exact) mass is 350 g/mol. The molecule has 0 aliphatic carbocycles. The average molecular weight is 350 g/mol. The van der Waals surface area contributed by atoms with E-state index in [0.717, 1.165) is 12.8 Å². The van der Waals surface area contributed by atoms with Gasteiger partial charge in [0.05, 0.1) is 19.3 Å². The van der Waals surface area contributed by atoms with Crippen molar-refractivity contribution in [3.8, 4) is 11.5 Å². The number of esters is 1. The van der Waals surface area contributed by atoms with Crippen molar-refractivity contribution in [2.75, 3.05) is 13.7 Å². The maximum Gasteiger partial charge on any atom is 0.338 e. The van der Waals surface area contributed by atoms with Gasteiger partial charge in [-0.15, -0.1) is 0 Å². The molecule has 0 aromatic heterocycles. The van der Waals surface area contributed by atoms with E-state index in [1.807, 2.05) is 0 Å². The maximum atomic E-state index is 11.5. The van der Waals surface area contributed by atoms with Gasteiger partial charge >= 0.3 is 5.97 Å². The summed E-state index contributed by atoms with van der Waals surface area (Å²) in [6.07, 6.45) is 14.2. The van der Waals surface area contributed by atoms with Gasteiger partial charge in [0.25, 0.3) is 0 Å². The second kappa shape index (κ2) is 13.6. The Bertz CT molecular complexity index is 485. The summed E-state index contributed by atoms with van der Waals surface area (Å²) in [5.74, 6) is 0.0414. The Hall–Kier alpha value is -1.71. The fourth-order valence-corrected chi connectivity index (χ4v) is 2.86. The molecule has 0 amide bonds. The molecule has 1 N–H and O–H groups in total. The summed E-state index contributed by atoms with van der Waals surface area (Å²) in [5.41, 5.74) is 0.302. The van der Waals surface area contributed by atoms with Gasteiger partial charge in [-0.1, -0.05) is 71.1 Å². The van der Waals surface area contributed by atoms with Crippen molar-refractivity contribution in [2.45, 2.75) is 77.6 Å². The number of methoxy groups -OCH3 is 1. The largest absolute Gasteiger partial charge is 0.508 e. The third-order valence-corrected chi connectivity index (χ3v) is 4.33. The van der Waals surface area contributed by atoms with Gasteiger partial charge in [-0.3, -0.25) is 0 Å². The van der Waals surface area contributed by atoms with Crippen LogP contribution in [0.3, 0.4) is 0 Å². The van der Waals surface area contributed by atoms with Crippen LogP contribution in [-0.4, -0.2) is 24.8 Å². The van der Waals surface area contributed by atoms with Crippen LogP contribution in [0.15, 0.2) is 18.2 Å². The molecule has 1 aromatic carbocycles. The topological polar surface area (TPSA) is 55.8 Å². The van der Waals surface area contributed by atoms with Gasteiger partial charge < -0.3 is 14.6 Å². The number of unbranched alkanes of at least 4 members (excludes halogenated alkanes) is 10. The molecule has 1 rings (SSSR count). The van der Waals surface area contributed by atoms with Gasteiger partial charge in [-0.05, 0) is 18.6 Å². The normalized spacial score (nSPS) is 10.6. The van der Waals surface area contributed by atoms with Crippen LogP contribution in [0.5, 0.6) is 11.5 Å². The van der Waals surface area contributed by atoms with Gasteiger partial charge in [0.15, 0.2) is 0 Å². The summed E-state index contributed by atoms with van der Waals surface area (Å²) in [5, 5.41) is 9.64. The molecule has 0 fully saturated rings. The van der Waals surface area contributed by atoms with Gasteiger partial charge in [0.2, 0.25) is 0 Å².